The molecule has 0 aliphatic carbocycles. The summed E-state index contributed by atoms with van der Waals surface area (Å²) in [7, 11) is 0. The lowest BCUT2D eigenvalue weighted by Crippen LogP contribution is -2.15. The summed E-state index contributed by atoms with van der Waals surface area (Å²) in [6, 6.07) is 14.0. The number of aryl methyl sites for hydroxylation is 1. The minimum atomic E-state index is -0.0859. The van der Waals surface area contributed by atoms with Gasteiger partial charge in [-0.3, -0.25) is 4.98 Å². The number of aromatic nitrogens is 4. The summed E-state index contributed by atoms with van der Waals surface area (Å²) in [5.41, 5.74) is 4.49. The van der Waals surface area contributed by atoms with Crippen LogP contribution >= 0.6 is 0 Å². The molecule has 4 aromatic rings. The quantitative estimate of drug-likeness (QED) is 0.600. The number of H-pyrrole nitrogens is 1. The first-order valence-corrected chi connectivity index (χ1v) is 7.83. The van der Waals surface area contributed by atoms with Crippen LogP contribution in [0.2, 0.25) is 0 Å². The van der Waals surface area contributed by atoms with Crippen molar-refractivity contribution in [1.29, 1.82) is 0 Å². The monoisotopic (exact) mass is 315 g/mol. The molecule has 2 N–H and O–H groups in total. The summed E-state index contributed by atoms with van der Waals surface area (Å²) < 4.78 is 0. The highest BCUT2D eigenvalue weighted by Crippen LogP contribution is 2.33. The van der Waals surface area contributed by atoms with Gasteiger partial charge in [0.05, 0.1) is 6.04 Å². The van der Waals surface area contributed by atoms with Crippen LogP contribution in [0.25, 0.3) is 10.9 Å². The Morgan fingerprint density at radius 1 is 0.958 bits per heavy atom. The highest BCUT2D eigenvalue weighted by Gasteiger charge is 2.21. The third-order valence-corrected chi connectivity index (χ3v) is 4.09. The van der Waals surface area contributed by atoms with E-state index in [1.54, 1.807) is 24.7 Å². The highest BCUT2D eigenvalue weighted by molar-refractivity contribution is 5.86. The number of hydrogen-bond acceptors (Lipinski definition) is 4. The van der Waals surface area contributed by atoms with Gasteiger partial charge in [-0.15, -0.1) is 0 Å². The van der Waals surface area contributed by atoms with Crippen LogP contribution in [-0.4, -0.2) is 19.9 Å². The number of aromatic amines is 1. The van der Waals surface area contributed by atoms with Gasteiger partial charge in [0.15, 0.2) is 0 Å². The van der Waals surface area contributed by atoms with Gasteiger partial charge in [-0.05, 0) is 30.7 Å². The van der Waals surface area contributed by atoms with Gasteiger partial charge in [0.2, 0.25) is 5.95 Å². The lowest BCUT2D eigenvalue weighted by Gasteiger charge is -2.19. The third kappa shape index (κ3) is 2.60. The summed E-state index contributed by atoms with van der Waals surface area (Å²) in [5.74, 6) is 0.594. The lowest BCUT2D eigenvalue weighted by atomic mass is 9.97. The normalized spacial score (nSPS) is 12.2. The predicted octanol–water partition coefficient (Wildman–Crippen LogP) is 3.86. The van der Waals surface area contributed by atoms with E-state index < -0.39 is 0 Å². The van der Waals surface area contributed by atoms with Crippen LogP contribution < -0.4 is 5.32 Å². The van der Waals surface area contributed by atoms with Gasteiger partial charge in [0.1, 0.15) is 0 Å². The summed E-state index contributed by atoms with van der Waals surface area (Å²) in [4.78, 5) is 16.4. The van der Waals surface area contributed by atoms with Crippen molar-refractivity contribution < 1.29 is 0 Å². The summed E-state index contributed by atoms with van der Waals surface area (Å²) in [6.45, 7) is 2.09. The zero-order chi connectivity index (χ0) is 16.4. The zero-order valence-corrected chi connectivity index (χ0v) is 13.3. The topological polar surface area (TPSA) is 66.5 Å². The van der Waals surface area contributed by atoms with E-state index in [2.05, 4.69) is 56.4 Å². The molecular formula is C19H17N5. The van der Waals surface area contributed by atoms with Gasteiger partial charge in [-0.1, -0.05) is 24.3 Å². The largest absolute Gasteiger partial charge is 0.358 e. The molecule has 0 fully saturated rings. The number of benzene rings is 1. The van der Waals surface area contributed by atoms with E-state index in [4.69, 9.17) is 0 Å². The maximum absolute atomic E-state index is 4.31. The molecule has 1 unspecified atom stereocenters. The minimum Gasteiger partial charge on any atom is -0.358 e. The molecule has 0 saturated heterocycles. The van der Waals surface area contributed by atoms with Crippen molar-refractivity contribution >= 4 is 16.9 Å². The van der Waals surface area contributed by atoms with Gasteiger partial charge in [0, 0.05) is 46.9 Å². The molecule has 5 nitrogen and oxygen atoms in total. The fourth-order valence-corrected chi connectivity index (χ4v) is 3.04. The second-order valence-corrected chi connectivity index (χ2v) is 5.65. The molecule has 0 spiro atoms. The molecule has 1 atom stereocenters. The molecule has 0 bridgehead atoms. The molecule has 0 saturated carbocycles. The summed E-state index contributed by atoms with van der Waals surface area (Å²) >= 11 is 0. The highest BCUT2D eigenvalue weighted by atomic mass is 15.1. The number of hydrogen-bond donors (Lipinski definition) is 2. The number of para-hydroxylation sites is 1. The van der Waals surface area contributed by atoms with Crippen molar-refractivity contribution in [3.63, 3.8) is 0 Å². The second-order valence-electron chi connectivity index (χ2n) is 5.65. The van der Waals surface area contributed by atoms with E-state index in [-0.39, 0.29) is 6.04 Å². The number of nitrogens with one attached hydrogen (secondary N) is 2. The Morgan fingerprint density at radius 3 is 2.58 bits per heavy atom. The molecular weight excluding hydrogens is 298 g/mol. The molecule has 0 amide bonds. The van der Waals surface area contributed by atoms with Crippen LogP contribution in [0.1, 0.15) is 22.9 Å². The Balaban J connectivity index is 1.87. The Morgan fingerprint density at radius 2 is 1.79 bits per heavy atom. The molecule has 0 aliphatic rings. The number of nitrogens with zero attached hydrogens (tertiary/aromatic N) is 3. The van der Waals surface area contributed by atoms with E-state index in [1.165, 1.54) is 10.9 Å². The molecule has 24 heavy (non-hydrogen) atoms. The van der Waals surface area contributed by atoms with Crippen molar-refractivity contribution in [1.82, 2.24) is 19.9 Å². The van der Waals surface area contributed by atoms with Crippen molar-refractivity contribution in [2.75, 3.05) is 5.32 Å². The van der Waals surface area contributed by atoms with Gasteiger partial charge in [0.25, 0.3) is 0 Å². The first-order chi connectivity index (χ1) is 11.8. The Bertz CT molecular complexity index is 947. The van der Waals surface area contributed by atoms with Gasteiger partial charge in [-0.2, -0.15) is 0 Å². The Kier molecular flexibility index (Phi) is 3.67. The number of anilines is 1. The van der Waals surface area contributed by atoms with Crippen molar-refractivity contribution in [2.45, 2.75) is 13.0 Å². The molecule has 118 valence electrons. The van der Waals surface area contributed by atoms with Crippen molar-refractivity contribution in [3.05, 3.63) is 84.1 Å². The Hall–Kier alpha value is -3.21. The van der Waals surface area contributed by atoms with E-state index >= 15 is 0 Å². The van der Waals surface area contributed by atoms with Gasteiger partial charge < -0.3 is 10.3 Å². The molecule has 0 aliphatic heterocycles. The first-order valence-electron chi connectivity index (χ1n) is 7.83. The molecule has 3 aromatic heterocycles. The van der Waals surface area contributed by atoms with E-state index in [0.717, 1.165) is 16.8 Å². The van der Waals surface area contributed by atoms with Gasteiger partial charge in [-0.25, -0.2) is 9.97 Å². The van der Waals surface area contributed by atoms with Crippen LogP contribution in [0.4, 0.5) is 5.95 Å². The Labute approximate surface area is 139 Å². The fourth-order valence-electron chi connectivity index (χ4n) is 3.04. The number of fused-ring (bicyclic) bond motifs is 1. The van der Waals surface area contributed by atoms with Crippen molar-refractivity contribution in [2.24, 2.45) is 0 Å². The first kappa shape index (κ1) is 14.4. The van der Waals surface area contributed by atoms with Gasteiger partial charge >= 0.3 is 0 Å². The fraction of sp³-hybridized carbons (Fsp3) is 0.105. The van der Waals surface area contributed by atoms with E-state index in [1.807, 2.05) is 18.3 Å². The SMILES string of the molecule is Cc1[nH]c2ccccc2c1C(Nc1ncccn1)c1cccnc1. The summed E-state index contributed by atoms with van der Waals surface area (Å²) in [6.07, 6.45) is 7.12. The average molecular weight is 315 g/mol. The molecule has 0 radical (unpaired) electrons. The molecule has 3 heterocycles. The van der Waals surface area contributed by atoms with Crippen LogP contribution in [0.3, 0.4) is 0 Å². The molecule has 4 rings (SSSR count). The lowest BCUT2D eigenvalue weighted by molar-refractivity contribution is 0.896. The maximum Gasteiger partial charge on any atom is 0.223 e. The summed E-state index contributed by atoms with van der Waals surface area (Å²) in [5, 5.41) is 4.64. The van der Waals surface area contributed by atoms with Crippen LogP contribution in [0.15, 0.2) is 67.3 Å². The van der Waals surface area contributed by atoms with Crippen LogP contribution in [-0.2, 0) is 0 Å². The van der Waals surface area contributed by atoms with E-state index in [0.29, 0.717) is 5.95 Å². The maximum atomic E-state index is 4.31. The van der Waals surface area contributed by atoms with Crippen molar-refractivity contribution in [3.8, 4) is 0 Å². The smallest absolute Gasteiger partial charge is 0.223 e. The molecule has 5 heteroatoms. The predicted molar refractivity (Wildman–Crippen MR) is 94.8 cm³/mol. The second kappa shape index (κ2) is 6.12. The third-order valence-electron chi connectivity index (χ3n) is 4.09. The van der Waals surface area contributed by atoms with E-state index in [9.17, 15) is 0 Å². The van der Waals surface area contributed by atoms with Crippen LogP contribution in [0, 0.1) is 6.92 Å². The zero-order valence-electron chi connectivity index (χ0n) is 13.3. The average Bonchev–Trinajstić information content (AvgIpc) is 2.97. The standard InChI is InChI=1S/C19H17N5/c1-13-17(15-7-2-3-8-16(15)23-13)18(14-6-4-9-20-12-14)24-19-21-10-5-11-22-19/h2-12,18,23H,1H3,(H,21,22,24). The number of pyridine rings is 1. The minimum absolute atomic E-state index is 0.0859. The molecule has 1 aromatic carbocycles. The number of rotatable bonds is 4. The van der Waals surface area contributed by atoms with Crippen LogP contribution in [0.5, 0.6) is 0 Å².